The Morgan fingerprint density at radius 3 is 2.62 bits per heavy atom. The van der Waals surface area contributed by atoms with E-state index in [0.29, 0.717) is 37.9 Å². The minimum absolute atomic E-state index is 0.143. The van der Waals surface area contributed by atoms with Crippen LogP contribution in [0.5, 0.6) is 0 Å². The summed E-state index contributed by atoms with van der Waals surface area (Å²) in [6.45, 7) is 2.81. The van der Waals surface area contributed by atoms with Crippen molar-refractivity contribution in [2.24, 2.45) is 0 Å². The van der Waals surface area contributed by atoms with Gasteiger partial charge in [0, 0.05) is 20.2 Å². The summed E-state index contributed by atoms with van der Waals surface area (Å²) in [5.41, 5.74) is 0.644. The zero-order chi connectivity index (χ0) is 15.5. The molecule has 0 bridgehead atoms. The van der Waals surface area contributed by atoms with Gasteiger partial charge in [0.05, 0.1) is 17.1 Å². The zero-order valence-corrected chi connectivity index (χ0v) is 13.3. The average molecular weight is 313 g/mol. The maximum atomic E-state index is 12.6. The predicted octanol–water partition coefficient (Wildman–Crippen LogP) is 1.93. The number of sulfonamides is 1. The number of ether oxygens (including phenoxy) is 1. The van der Waals surface area contributed by atoms with Gasteiger partial charge in [-0.25, -0.2) is 8.42 Å². The summed E-state index contributed by atoms with van der Waals surface area (Å²) >= 11 is 0. The normalized spacial score (nSPS) is 19.6. The number of rotatable bonds is 5. The van der Waals surface area contributed by atoms with Gasteiger partial charge in [0.15, 0.2) is 0 Å². The highest BCUT2D eigenvalue weighted by Gasteiger charge is 2.29. The second-order valence-electron chi connectivity index (χ2n) is 5.34. The molecule has 1 aliphatic rings. The third-order valence-electron chi connectivity index (χ3n) is 4.00. The van der Waals surface area contributed by atoms with Crippen molar-refractivity contribution in [3.8, 4) is 0 Å². The maximum absolute atomic E-state index is 12.6. The molecule has 1 aromatic rings. The lowest BCUT2D eigenvalue weighted by molar-refractivity contribution is 0.0604. The second kappa shape index (κ2) is 6.87. The van der Waals surface area contributed by atoms with Crippen LogP contribution in [0.2, 0.25) is 0 Å². The number of benzene rings is 1. The predicted molar refractivity (Wildman–Crippen MR) is 80.5 cm³/mol. The van der Waals surface area contributed by atoms with Gasteiger partial charge in [-0.3, -0.25) is 0 Å². The second-order valence-corrected chi connectivity index (χ2v) is 7.27. The molecule has 1 atom stereocenters. The number of aliphatic hydroxyl groups is 1. The van der Waals surface area contributed by atoms with Crippen LogP contribution in [-0.4, -0.2) is 44.1 Å². The lowest BCUT2D eigenvalue weighted by atomic mass is 10.1. The van der Waals surface area contributed by atoms with Crippen LogP contribution in [0.3, 0.4) is 0 Å². The molecular formula is C15H23NO4S. The SMILES string of the molecule is CCC(O)c1cccc(S(=O)(=O)N2CCC(OC)CC2)c1. The van der Waals surface area contributed by atoms with Crippen LogP contribution in [0.25, 0.3) is 0 Å². The van der Waals surface area contributed by atoms with E-state index in [0.717, 1.165) is 0 Å². The zero-order valence-electron chi connectivity index (χ0n) is 12.5. The fraction of sp³-hybridized carbons (Fsp3) is 0.600. The summed E-state index contributed by atoms with van der Waals surface area (Å²) in [4.78, 5) is 0.253. The van der Waals surface area contributed by atoms with E-state index in [1.165, 1.54) is 4.31 Å². The van der Waals surface area contributed by atoms with E-state index in [4.69, 9.17) is 4.74 Å². The fourth-order valence-corrected chi connectivity index (χ4v) is 4.10. The number of piperidine rings is 1. The van der Waals surface area contributed by atoms with Crippen LogP contribution in [0, 0.1) is 0 Å². The van der Waals surface area contributed by atoms with Crippen LogP contribution in [-0.2, 0) is 14.8 Å². The van der Waals surface area contributed by atoms with Gasteiger partial charge in [0.25, 0.3) is 0 Å². The molecule has 0 amide bonds. The standard InChI is InChI=1S/C15H23NO4S/c1-3-15(17)12-5-4-6-14(11-12)21(18,19)16-9-7-13(20-2)8-10-16/h4-6,11,13,15,17H,3,7-10H2,1-2H3. The Balaban J connectivity index is 2.20. The Morgan fingerprint density at radius 2 is 2.05 bits per heavy atom. The van der Waals surface area contributed by atoms with Crippen molar-refractivity contribution in [3.63, 3.8) is 0 Å². The molecule has 0 aliphatic carbocycles. The van der Waals surface area contributed by atoms with Gasteiger partial charge in [-0.15, -0.1) is 0 Å². The van der Waals surface area contributed by atoms with E-state index in [1.54, 1.807) is 31.4 Å². The van der Waals surface area contributed by atoms with Crippen molar-refractivity contribution in [1.29, 1.82) is 0 Å². The Bertz CT molecular complexity index is 565. The summed E-state index contributed by atoms with van der Waals surface area (Å²) in [5, 5.41) is 9.87. The van der Waals surface area contributed by atoms with Crippen molar-refractivity contribution in [2.75, 3.05) is 20.2 Å². The van der Waals surface area contributed by atoms with Crippen molar-refractivity contribution in [2.45, 2.75) is 43.3 Å². The van der Waals surface area contributed by atoms with E-state index < -0.39 is 16.1 Å². The van der Waals surface area contributed by atoms with Gasteiger partial charge in [0.2, 0.25) is 10.0 Å². The molecule has 5 nitrogen and oxygen atoms in total. The van der Waals surface area contributed by atoms with Crippen LogP contribution < -0.4 is 0 Å². The first kappa shape index (κ1) is 16.4. The van der Waals surface area contributed by atoms with Gasteiger partial charge in [-0.2, -0.15) is 4.31 Å². The summed E-state index contributed by atoms with van der Waals surface area (Å²) < 4.78 is 32.1. The molecule has 1 saturated heterocycles. The van der Waals surface area contributed by atoms with E-state index in [-0.39, 0.29) is 11.0 Å². The van der Waals surface area contributed by atoms with E-state index in [1.807, 2.05) is 6.92 Å². The van der Waals surface area contributed by atoms with Crippen molar-refractivity contribution in [3.05, 3.63) is 29.8 Å². The molecule has 1 aliphatic heterocycles. The fourth-order valence-electron chi connectivity index (χ4n) is 2.58. The molecule has 0 radical (unpaired) electrons. The van der Waals surface area contributed by atoms with Gasteiger partial charge >= 0.3 is 0 Å². The lowest BCUT2D eigenvalue weighted by Crippen LogP contribution is -2.40. The van der Waals surface area contributed by atoms with Gasteiger partial charge in [-0.1, -0.05) is 19.1 Å². The van der Waals surface area contributed by atoms with E-state index in [2.05, 4.69) is 0 Å². The number of hydrogen-bond donors (Lipinski definition) is 1. The smallest absolute Gasteiger partial charge is 0.243 e. The summed E-state index contributed by atoms with van der Waals surface area (Å²) in [7, 11) is -1.83. The number of nitrogens with zero attached hydrogens (tertiary/aromatic N) is 1. The molecule has 6 heteroatoms. The molecule has 1 aromatic carbocycles. The maximum Gasteiger partial charge on any atom is 0.243 e. The Morgan fingerprint density at radius 1 is 1.38 bits per heavy atom. The average Bonchev–Trinajstić information content (AvgIpc) is 2.54. The summed E-state index contributed by atoms with van der Waals surface area (Å²) in [5.74, 6) is 0. The third kappa shape index (κ3) is 3.63. The first-order valence-electron chi connectivity index (χ1n) is 7.30. The van der Waals surface area contributed by atoms with Crippen molar-refractivity contribution < 1.29 is 18.3 Å². The molecule has 0 aromatic heterocycles. The molecule has 21 heavy (non-hydrogen) atoms. The number of hydrogen-bond acceptors (Lipinski definition) is 4. The van der Waals surface area contributed by atoms with Crippen molar-refractivity contribution >= 4 is 10.0 Å². The highest BCUT2D eigenvalue weighted by atomic mass is 32.2. The minimum atomic E-state index is -3.49. The summed E-state index contributed by atoms with van der Waals surface area (Å²) in [6, 6.07) is 6.60. The van der Waals surface area contributed by atoms with Crippen molar-refractivity contribution in [1.82, 2.24) is 4.31 Å². The highest BCUT2D eigenvalue weighted by Crippen LogP contribution is 2.25. The Hall–Kier alpha value is -0.950. The van der Waals surface area contributed by atoms with Crippen LogP contribution in [0.4, 0.5) is 0 Å². The molecule has 1 fully saturated rings. The highest BCUT2D eigenvalue weighted by molar-refractivity contribution is 7.89. The Labute approximate surface area is 126 Å². The molecule has 1 unspecified atom stereocenters. The van der Waals surface area contributed by atoms with Gasteiger partial charge < -0.3 is 9.84 Å². The van der Waals surface area contributed by atoms with Crippen LogP contribution in [0.1, 0.15) is 37.9 Å². The molecule has 1 heterocycles. The number of methoxy groups -OCH3 is 1. The monoisotopic (exact) mass is 313 g/mol. The molecule has 118 valence electrons. The number of aliphatic hydroxyl groups excluding tert-OH is 1. The van der Waals surface area contributed by atoms with Gasteiger partial charge in [-0.05, 0) is 37.0 Å². The summed E-state index contributed by atoms with van der Waals surface area (Å²) in [6.07, 6.45) is 1.51. The topological polar surface area (TPSA) is 66.8 Å². The molecule has 2 rings (SSSR count). The van der Waals surface area contributed by atoms with Gasteiger partial charge in [0.1, 0.15) is 0 Å². The first-order chi connectivity index (χ1) is 9.98. The molecule has 0 spiro atoms. The van der Waals surface area contributed by atoms with E-state index in [9.17, 15) is 13.5 Å². The Kier molecular flexibility index (Phi) is 5.37. The van der Waals surface area contributed by atoms with Crippen LogP contribution >= 0.6 is 0 Å². The lowest BCUT2D eigenvalue weighted by Gasteiger charge is -2.30. The van der Waals surface area contributed by atoms with Crippen LogP contribution in [0.15, 0.2) is 29.2 Å². The van der Waals surface area contributed by atoms with E-state index >= 15 is 0 Å². The molecular weight excluding hydrogens is 290 g/mol. The minimum Gasteiger partial charge on any atom is -0.388 e. The first-order valence-corrected chi connectivity index (χ1v) is 8.74. The third-order valence-corrected chi connectivity index (χ3v) is 5.90. The quantitative estimate of drug-likeness (QED) is 0.902. The largest absolute Gasteiger partial charge is 0.388 e. The molecule has 0 saturated carbocycles. The molecule has 1 N–H and O–H groups in total.